The zero-order valence-electron chi connectivity index (χ0n) is 11.5. The SMILES string of the molecule is Cc1cccc(C(=O)NCCCOCC(C)C)c1. The van der Waals surface area contributed by atoms with Crippen molar-refractivity contribution in [3.8, 4) is 0 Å². The standard InChI is InChI=1S/C15H23NO2/c1-12(2)11-18-9-5-8-16-15(17)14-7-4-6-13(3)10-14/h4,6-7,10,12H,5,8-9,11H2,1-3H3,(H,16,17). The second-order valence-corrected chi connectivity index (χ2v) is 4.95. The van der Waals surface area contributed by atoms with E-state index in [1.54, 1.807) is 0 Å². The number of hydrogen-bond acceptors (Lipinski definition) is 2. The van der Waals surface area contributed by atoms with Gasteiger partial charge in [-0.05, 0) is 31.4 Å². The fraction of sp³-hybridized carbons (Fsp3) is 0.533. The molecule has 0 radical (unpaired) electrons. The van der Waals surface area contributed by atoms with Crippen molar-refractivity contribution >= 4 is 5.91 Å². The van der Waals surface area contributed by atoms with E-state index in [-0.39, 0.29) is 5.91 Å². The number of nitrogens with one attached hydrogen (secondary N) is 1. The molecule has 0 aliphatic carbocycles. The van der Waals surface area contributed by atoms with Crippen LogP contribution in [0.5, 0.6) is 0 Å². The summed E-state index contributed by atoms with van der Waals surface area (Å²) in [4.78, 5) is 11.8. The van der Waals surface area contributed by atoms with E-state index in [1.165, 1.54) is 0 Å². The summed E-state index contributed by atoms with van der Waals surface area (Å²) < 4.78 is 5.45. The van der Waals surface area contributed by atoms with Gasteiger partial charge in [-0.3, -0.25) is 4.79 Å². The summed E-state index contributed by atoms with van der Waals surface area (Å²) in [5.41, 5.74) is 1.82. The molecule has 1 aromatic rings. The summed E-state index contributed by atoms with van der Waals surface area (Å²) in [5, 5.41) is 2.90. The van der Waals surface area contributed by atoms with Crippen LogP contribution in [-0.4, -0.2) is 25.7 Å². The number of rotatable bonds is 7. The number of hydrogen-bond donors (Lipinski definition) is 1. The van der Waals surface area contributed by atoms with Gasteiger partial charge in [-0.2, -0.15) is 0 Å². The van der Waals surface area contributed by atoms with Gasteiger partial charge < -0.3 is 10.1 Å². The van der Waals surface area contributed by atoms with E-state index >= 15 is 0 Å². The molecule has 3 nitrogen and oxygen atoms in total. The Labute approximate surface area is 110 Å². The van der Waals surface area contributed by atoms with Crippen molar-refractivity contribution in [1.29, 1.82) is 0 Å². The van der Waals surface area contributed by atoms with E-state index in [9.17, 15) is 4.79 Å². The van der Waals surface area contributed by atoms with E-state index in [0.29, 0.717) is 19.1 Å². The second-order valence-electron chi connectivity index (χ2n) is 4.95. The maximum absolute atomic E-state index is 11.8. The monoisotopic (exact) mass is 249 g/mol. The van der Waals surface area contributed by atoms with Crippen molar-refractivity contribution in [2.45, 2.75) is 27.2 Å². The summed E-state index contributed by atoms with van der Waals surface area (Å²) in [7, 11) is 0. The minimum atomic E-state index is -0.0115. The van der Waals surface area contributed by atoms with Crippen LogP contribution in [0.2, 0.25) is 0 Å². The molecule has 0 heterocycles. The third kappa shape index (κ3) is 5.82. The zero-order valence-corrected chi connectivity index (χ0v) is 11.5. The quantitative estimate of drug-likeness (QED) is 0.755. The third-order valence-corrected chi connectivity index (χ3v) is 2.48. The highest BCUT2D eigenvalue weighted by Gasteiger charge is 2.04. The first-order valence-electron chi connectivity index (χ1n) is 6.52. The van der Waals surface area contributed by atoms with Crippen LogP contribution in [0.25, 0.3) is 0 Å². The highest BCUT2D eigenvalue weighted by atomic mass is 16.5. The summed E-state index contributed by atoms with van der Waals surface area (Å²) in [6, 6.07) is 7.61. The van der Waals surface area contributed by atoms with Crippen molar-refractivity contribution in [3.05, 3.63) is 35.4 Å². The van der Waals surface area contributed by atoms with E-state index in [0.717, 1.165) is 24.2 Å². The van der Waals surface area contributed by atoms with Crippen molar-refractivity contribution in [3.63, 3.8) is 0 Å². The van der Waals surface area contributed by atoms with Crippen molar-refractivity contribution in [2.75, 3.05) is 19.8 Å². The van der Waals surface area contributed by atoms with E-state index < -0.39 is 0 Å². The van der Waals surface area contributed by atoms with Gasteiger partial charge in [0, 0.05) is 25.3 Å². The lowest BCUT2D eigenvalue weighted by Crippen LogP contribution is -2.25. The van der Waals surface area contributed by atoms with Crippen LogP contribution >= 0.6 is 0 Å². The van der Waals surface area contributed by atoms with Crippen LogP contribution in [0.1, 0.15) is 36.2 Å². The van der Waals surface area contributed by atoms with Gasteiger partial charge in [0.25, 0.3) is 5.91 Å². The molecule has 1 amide bonds. The van der Waals surface area contributed by atoms with Gasteiger partial charge in [-0.15, -0.1) is 0 Å². The van der Waals surface area contributed by atoms with Gasteiger partial charge in [-0.25, -0.2) is 0 Å². The molecule has 0 aliphatic rings. The van der Waals surface area contributed by atoms with E-state index in [4.69, 9.17) is 4.74 Å². The normalized spacial score (nSPS) is 10.7. The van der Waals surface area contributed by atoms with Crippen LogP contribution in [0.3, 0.4) is 0 Å². The second kappa shape index (κ2) is 7.88. The Bertz CT molecular complexity index is 375. The molecule has 1 N–H and O–H groups in total. The molecule has 0 aliphatic heterocycles. The molecule has 18 heavy (non-hydrogen) atoms. The number of carbonyl (C=O) groups excluding carboxylic acids is 1. The smallest absolute Gasteiger partial charge is 0.251 e. The van der Waals surface area contributed by atoms with Crippen LogP contribution in [0.15, 0.2) is 24.3 Å². The zero-order chi connectivity index (χ0) is 13.4. The minimum absolute atomic E-state index is 0.0115. The fourth-order valence-electron chi connectivity index (χ4n) is 1.58. The summed E-state index contributed by atoms with van der Waals surface area (Å²) in [5.74, 6) is 0.550. The van der Waals surface area contributed by atoms with E-state index in [1.807, 2.05) is 31.2 Å². The Morgan fingerprint density at radius 1 is 1.39 bits per heavy atom. The van der Waals surface area contributed by atoms with Crippen LogP contribution in [0, 0.1) is 12.8 Å². The lowest BCUT2D eigenvalue weighted by atomic mass is 10.1. The first kappa shape index (κ1) is 14.7. The summed E-state index contributed by atoms with van der Waals surface area (Å²) in [6.07, 6.45) is 0.851. The maximum Gasteiger partial charge on any atom is 0.251 e. The summed E-state index contributed by atoms with van der Waals surface area (Å²) in [6.45, 7) is 8.37. The Hall–Kier alpha value is -1.35. The van der Waals surface area contributed by atoms with Gasteiger partial charge in [0.2, 0.25) is 0 Å². The van der Waals surface area contributed by atoms with Gasteiger partial charge in [0.15, 0.2) is 0 Å². The highest BCUT2D eigenvalue weighted by molar-refractivity contribution is 5.94. The summed E-state index contributed by atoms with van der Waals surface area (Å²) >= 11 is 0. The van der Waals surface area contributed by atoms with Gasteiger partial charge in [0.05, 0.1) is 0 Å². The predicted molar refractivity (Wildman–Crippen MR) is 73.8 cm³/mol. The number of amides is 1. The van der Waals surface area contributed by atoms with Gasteiger partial charge in [-0.1, -0.05) is 31.5 Å². The van der Waals surface area contributed by atoms with Gasteiger partial charge >= 0.3 is 0 Å². The Kier molecular flexibility index (Phi) is 6.44. The van der Waals surface area contributed by atoms with E-state index in [2.05, 4.69) is 19.2 Å². The average Bonchev–Trinajstić information content (AvgIpc) is 2.33. The number of carbonyl (C=O) groups is 1. The predicted octanol–water partition coefficient (Wildman–Crippen LogP) is 2.79. The number of ether oxygens (including phenoxy) is 1. The number of benzene rings is 1. The van der Waals surface area contributed by atoms with Crippen molar-refractivity contribution in [2.24, 2.45) is 5.92 Å². The lowest BCUT2D eigenvalue weighted by molar-refractivity contribution is 0.0925. The van der Waals surface area contributed by atoms with Crippen LogP contribution < -0.4 is 5.32 Å². The molecule has 0 spiro atoms. The molecule has 1 aromatic carbocycles. The van der Waals surface area contributed by atoms with Crippen LogP contribution in [-0.2, 0) is 4.74 Å². The molecule has 1 rings (SSSR count). The molecular weight excluding hydrogens is 226 g/mol. The molecule has 0 bridgehead atoms. The molecule has 0 fully saturated rings. The molecule has 0 saturated heterocycles. The van der Waals surface area contributed by atoms with Gasteiger partial charge in [0.1, 0.15) is 0 Å². The Morgan fingerprint density at radius 3 is 2.83 bits per heavy atom. The fourth-order valence-corrected chi connectivity index (χ4v) is 1.58. The molecule has 0 aromatic heterocycles. The topological polar surface area (TPSA) is 38.3 Å². The largest absolute Gasteiger partial charge is 0.381 e. The Morgan fingerprint density at radius 2 is 2.17 bits per heavy atom. The molecular formula is C15H23NO2. The maximum atomic E-state index is 11.8. The molecule has 0 saturated carbocycles. The first-order valence-corrected chi connectivity index (χ1v) is 6.52. The average molecular weight is 249 g/mol. The lowest BCUT2D eigenvalue weighted by Gasteiger charge is -2.08. The number of aryl methyl sites for hydroxylation is 1. The molecule has 3 heteroatoms. The minimum Gasteiger partial charge on any atom is -0.381 e. The highest BCUT2D eigenvalue weighted by Crippen LogP contribution is 2.03. The Balaban J connectivity index is 2.18. The van der Waals surface area contributed by atoms with Crippen molar-refractivity contribution < 1.29 is 9.53 Å². The first-order chi connectivity index (χ1) is 8.59. The molecule has 100 valence electrons. The van der Waals surface area contributed by atoms with Crippen LogP contribution in [0.4, 0.5) is 0 Å². The van der Waals surface area contributed by atoms with Crippen molar-refractivity contribution in [1.82, 2.24) is 5.32 Å². The molecule has 0 unspecified atom stereocenters. The molecule has 0 atom stereocenters. The third-order valence-electron chi connectivity index (χ3n) is 2.48.